The summed E-state index contributed by atoms with van der Waals surface area (Å²) in [6.45, 7) is 4.43. The topological polar surface area (TPSA) is 69.7 Å². The lowest BCUT2D eigenvalue weighted by Gasteiger charge is -2.33. The van der Waals surface area contributed by atoms with E-state index < -0.39 is 15.8 Å². The van der Waals surface area contributed by atoms with Gasteiger partial charge in [0, 0.05) is 32.7 Å². The fourth-order valence-corrected chi connectivity index (χ4v) is 4.79. The molecule has 1 fully saturated rings. The maximum absolute atomic E-state index is 13.0. The first-order valence-corrected chi connectivity index (χ1v) is 11.1. The Bertz CT molecular complexity index is 940. The molecule has 2 aromatic rings. The van der Waals surface area contributed by atoms with Crippen molar-refractivity contribution in [3.63, 3.8) is 0 Å². The van der Waals surface area contributed by atoms with E-state index in [1.165, 1.54) is 27.6 Å². The molecule has 0 atom stereocenters. The van der Waals surface area contributed by atoms with Gasteiger partial charge in [0.2, 0.25) is 15.9 Å². The van der Waals surface area contributed by atoms with Crippen LogP contribution in [0.5, 0.6) is 0 Å². The molecule has 29 heavy (non-hydrogen) atoms. The zero-order chi connectivity index (χ0) is 20.9. The molecule has 1 N–H and O–H groups in total. The molecule has 8 heteroatoms. The van der Waals surface area contributed by atoms with Gasteiger partial charge in [-0.2, -0.15) is 4.31 Å². The van der Waals surface area contributed by atoms with Gasteiger partial charge in [0.15, 0.2) is 0 Å². The van der Waals surface area contributed by atoms with E-state index >= 15 is 0 Å². The highest BCUT2D eigenvalue weighted by molar-refractivity contribution is 7.89. The molecule has 1 aliphatic heterocycles. The summed E-state index contributed by atoms with van der Waals surface area (Å²) in [6, 6.07) is 12.9. The number of sulfonamides is 1. The third-order valence-electron chi connectivity index (χ3n) is 5.13. The molecule has 156 valence electrons. The SMILES string of the molecule is Cc1ccccc1CCNC(=O)CN1CCN(S(=O)(=O)c2ccc(F)cc2)CC1. The van der Waals surface area contributed by atoms with E-state index in [-0.39, 0.29) is 17.3 Å². The van der Waals surface area contributed by atoms with Gasteiger partial charge in [0.05, 0.1) is 11.4 Å². The van der Waals surface area contributed by atoms with Gasteiger partial charge < -0.3 is 5.32 Å². The fourth-order valence-electron chi connectivity index (χ4n) is 3.37. The standard InChI is InChI=1S/C21H26FN3O3S/c1-17-4-2-3-5-18(17)10-11-23-21(26)16-24-12-14-25(15-13-24)29(27,28)20-8-6-19(22)7-9-20/h2-9H,10-16H2,1H3,(H,23,26). The molecule has 0 radical (unpaired) electrons. The second kappa shape index (κ2) is 9.47. The molecule has 1 saturated heterocycles. The first-order chi connectivity index (χ1) is 13.9. The second-order valence-corrected chi connectivity index (χ2v) is 9.10. The lowest BCUT2D eigenvalue weighted by Crippen LogP contribution is -2.51. The van der Waals surface area contributed by atoms with Crippen molar-refractivity contribution in [3.8, 4) is 0 Å². The molecule has 2 aromatic carbocycles. The Hall–Kier alpha value is -2.29. The lowest BCUT2D eigenvalue weighted by molar-refractivity contribution is -0.122. The molecule has 0 spiro atoms. The number of hydrogen-bond donors (Lipinski definition) is 1. The molecule has 1 amide bonds. The van der Waals surface area contributed by atoms with Gasteiger partial charge >= 0.3 is 0 Å². The average Bonchev–Trinajstić information content (AvgIpc) is 2.70. The number of piperazine rings is 1. The van der Waals surface area contributed by atoms with Crippen LogP contribution in [0.1, 0.15) is 11.1 Å². The van der Waals surface area contributed by atoms with Crippen LogP contribution in [0, 0.1) is 12.7 Å². The summed E-state index contributed by atoms with van der Waals surface area (Å²) in [7, 11) is -3.64. The molecule has 1 heterocycles. The van der Waals surface area contributed by atoms with Crippen LogP contribution in [0.4, 0.5) is 4.39 Å². The van der Waals surface area contributed by atoms with Crippen LogP contribution >= 0.6 is 0 Å². The summed E-state index contributed by atoms with van der Waals surface area (Å²) in [5.74, 6) is -0.532. The highest BCUT2D eigenvalue weighted by Gasteiger charge is 2.29. The summed E-state index contributed by atoms with van der Waals surface area (Å²) in [5, 5.41) is 2.93. The van der Waals surface area contributed by atoms with Crippen LogP contribution in [0.25, 0.3) is 0 Å². The van der Waals surface area contributed by atoms with E-state index in [0.717, 1.165) is 18.6 Å². The maximum Gasteiger partial charge on any atom is 0.243 e. The van der Waals surface area contributed by atoms with Gasteiger partial charge in [0.1, 0.15) is 5.82 Å². The van der Waals surface area contributed by atoms with Crippen LogP contribution in [-0.2, 0) is 21.2 Å². The van der Waals surface area contributed by atoms with E-state index in [1.807, 2.05) is 17.0 Å². The quantitative estimate of drug-likeness (QED) is 0.743. The van der Waals surface area contributed by atoms with Gasteiger partial charge in [-0.1, -0.05) is 24.3 Å². The van der Waals surface area contributed by atoms with Gasteiger partial charge in [-0.3, -0.25) is 9.69 Å². The molecule has 0 saturated carbocycles. The van der Waals surface area contributed by atoms with Crippen molar-refractivity contribution in [1.82, 2.24) is 14.5 Å². The van der Waals surface area contributed by atoms with Crippen molar-refractivity contribution in [2.45, 2.75) is 18.2 Å². The Morgan fingerprint density at radius 3 is 2.34 bits per heavy atom. The minimum atomic E-state index is -3.64. The zero-order valence-corrected chi connectivity index (χ0v) is 17.3. The molecule has 0 aliphatic carbocycles. The van der Waals surface area contributed by atoms with E-state index in [0.29, 0.717) is 32.7 Å². The van der Waals surface area contributed by atoms with Gasteiger partial charge in [0.25, 0.3) is 0 Å². The van der Waals surface area contributed by atoms with Crippen LogP contribution in [0.3, 0.4) is 0 Å². The summed E-state index contributed by atoms with van der Waals surface area (Å²) < 4.78 is 39.7. The van der Waals surface area contributed by atoms with Crippen LogP contribution in [0.15, 0.2) is 53.4 Å². The Kier molecular flexibility index (Phi) is 7.00. The van der Waals surface area contributed by atoms with Gasteiger partial charge in [-0.15, -0.1) is 0 Å². The lowest BCUT2D eigenvalue weighted by atomic mass is 10.1. The first-order valence-electron chi connectivity index (χ1n) is 9.65. The van der Waals surface area contributed by atoms with E-state index in [1.54, 1.807) is 0 Å². The summed E-state index contributed by atoms with van der Waals surface area (Å²) in [5.41, 5.74) is 2.42. The Balaban J connectivity index is 1.44. The normalized spacial score (nSPS) is 15.9. The number of carbonyl (C=O) groups excluding carboxylic acids is 1. The summed E-state index contributed by atoms with van der Waals surface area (Å²) in [4.78, 5) is 14.2. The van der Waals surface area contributed by atoms with Crippen molar-refractivity contribution >= 4 is 15.9 Å². The van der Waals surface area contributed by atoms with Crippen molar-refractivity contribution in [2.24, 2.45) is 0 Å². The number of halogens is 1. The molecular formula is C21H26FN3O3S. The molecule has 6 nitrogen and oxygen atoms in total. The van der Waals surface area contributed by atoms with E-state index in [2.05, 4.69) is 24.4 Å². The minimum Gasteiger partial charge on any atom is -0.355 e. The number of carbonyl (C=O) groups is 1. The Morgan fingerprint density at radius 1 is 1.03 bits per heavy atom. The van der Waals surface area contributed by atoms with E-state index in [4.69, 9.17) is 0 Å². The summed E-state index contributed by atoms with van der Waals surface area (Å²) in [6.07, 6.45) is 0.780. The van der Waals surface area contributed by atoms with Crippen LogP contribution in [0.2, 0.25) is 0 Å². The molecule has 0 aromatic heterocycles. The predicted octanol–water partition coefficient (Wildman–Crippen LogP) is 1.80. The minimum absolute atomic E-state index is 0.0616. The predicted molar refractivity (Wildman–Crippen MR) is 109 cm³/mol. The van der Waals surface area contributed by atoms with Gasteiger partial charge in [-0.05, 0) is 48.7 Å². The molecule has 0 bridgehead atoms. The highest BCUT2D eigenvalue weighted by Crippen LogP contribution is 2.18. The number of benzene rings is 2. The molecule has 3 rings (SSSR count). The summed E-state index contributed by atoms with van der Waals surface area (Å²) >= 11 is 0. The highest BCUT2D eigenvalue weighted by atomic mass is 32.2. The van der Waals surface area contributed by atoms with Crippen molar-refractivity contribution in [1.29, 1.82) is 0 Å². The number of hydrogen-bond acceptors (Lipinski definition) is 4. The van der Waals surface area contributed by atoms with Gasteiger partial charge in [-0.25, -0.2) is 12.8 Å². The average molecular weight is 420 g/mol. The zero-order valence-electron chi connectivity index (χ0n) is 16.5. The third-order valence-corrected chi connectivity index (χ3v) is 7.04. The Labute approximate surface area is 171 Å². The number of rotatable bonds is 7. The number of aryl methyl sites for hydroxylation is 1. The van der Waals surface area contributed by atoms with Crippen molar-refractivity contribution in [3.05, 3.63) is 65.5 Å². The number of amides is 1. The number of nitrogens with zero attached hydrogens (tertiary/aromatic N) is 2. The maximum atomic E-state index is 13.0. The third kappa shape index (κ3) is 5.62. The van der Waals surface area contributed by atoms with Crippen LogP contribution < -0.4 is 5.32 Å². The first kappa shape index (κ1) is 21.4. The monoisotopic (exact) mass is 419 g/mol. The second-order valence-electron chi connectivity index (χ2n) is 7.16. The smallest absolute Gasteiger partial charge is 0.243 e. The van der Waals surface area contributed by atoms with E-state index in [9.17, 15) is 17.6 Å². The number of nitrogens with one attached hydrogen (secondary N) is 1. The largest absolute Gasteiger partial charge is 0.355 e. The fraction of sp³-hybridized carbons (Fsp3) is 0.381. The van der Waals surface area contributed by atoms with Crippen molar-refractivity contribution < 1.29 is 17.6 Å². The molecule has 0 unspecified atom stereocenters. The molecular weight excluding hydrogens is 393 g/mol. The Morgan fingerprint density at radius 2 is 1.69 bits per heavy atom. The molecule has 1 aliphatic rings. The van der Waals surface area contributed by atoms with Crippen LogP contribution in [-0.4, -0.2) is 62.8 Å². The van der Waals surface area contributed by atoms with Crippen molar-refractivity contribution in [2.75, 3.05) is 39.3 Å².